The van der Waals surface area contributed by atoms with Gasteiger partial charge < -0.3 is 20.3 Å². The van der Waals surface area contributed by atoms with E-state index < -0.39 is 23.4 Å². The zero-order valence-corrected chi connectivity index (χ0v) is 16.1. The fraction of sp³-hybridized carbons (Fsp3) is 0.211. The summed E-state index contributed by atoms with van der Waals surface area (Å²) in [4.78, 5) is 47.8. The van der Waals surface area contributed by atoms with Crippen molar-refractivity contribution in [2.45, 2.75) is 0 Å². The first-order valence-corrected chi connectivity index (χ1v) is 8.47. The lowest BCUT2D eigenvalue weighted by molar-refractivity contribution is -0.384. The average molecular weight is 400 g/mol. The number of anilines is 2. The van der Waals surface area contributed by atoms with Crippen molar-refractivity contribution in [1.29, 1.82) is 0 Å². The summed E-state index contributed by atoms with van der Waals surface area (Å²) in [5, 5.41) is 16.0. The Hall–Kier alpha value is -3.95. The molecule has 10 nitrogen and oxygen atoms in total. The van der Waals surface area contributed by atoms with Gasteiger partial charge in [0, 0.05) is 44.5 Å². The van der Waals surface area contributed by atoms with Crippen molar-refractivity contribution in [1.82, 2.24) is 5.32 Å². The molecule has 0 radical (unpaired) electrons. The lowest BCUT2D eigenvalue weighted by Gasteiger charge is -2.16. The number of nitro benzene ring substituents is 1. The number of non-ortho nitro benzene ring substituents is 1. The molecule has 0 bridgehead atoms. The first-order valence-electron chi connectivity index (χ1n) is 8.47. The zero-order valence-electron chi connectivity index (χ0n) is 16.1. The SMILES string of the molecule is CNC(=O)c1ccc(NC(=O)COC(=O)c2cc([N+](=O)[O-])ccc2N(C)C)cc1. The molecule has 2 aromatic rings. The maximum absolute atomic E-state index is 12.4. The van der Waals surface area contributed by atoms with Crippen LogP contribution in [0.4, 0.5) is 17.1 Å². The monoisotopic (exact) mass is 400 g/mol. The van der Waals surface area contributed by atoms with Crippen LogP contribution in [0.1, 0.15) is 20.7 Å². The molecule has 0 heterocycles. The fourth-order valence-corrected chi connectivity index (χ4v) is 2.45. The van der Waals surface area contributed by atoms with Gasteiger partial charge in [0.25, 0.3) is 17.5 Å². The third-order valence-corrected chi connectivity index (χ3v) is 3.88. The molecule has 29 heavy (non-hydrogen) atoms. The molecule has 2 rings (SSSR count). The van der Waals surface area contributed by atoms with Gasteiger partial charge in [-0.2, -0.15) is 0 Å². The van der Waals surface area contributed by atoms with E-state index in [0.717, 1.165) is 6.07 Å². The Kier molecular flexibility index (Phi) is 6.85. The summed E-state index contributed by atoms with van der Waals surface area (Å²) in [7, 11) is 4.86. The van der Waals surface area contributed by atoms with Crippen LogP contribution in [0.2, 0.25) is 0 Å². The lowest BCUT2D eigenvalue weighted by Crippen LogP contribution is -2.22. The van der Waals surface area contributed by atoms with Gasteiger partial charge in [-0.05, 0) is 30.3 Å². The second kappa shape index (κ2) is 9.31. The minimum absolute atomic E-state index is 0.0214. The van der Waals surface area contributed by atoms with Gasteiger partial charge in [-0.15, -0.1) is 0 Å². The number of carbonyl (C=O) groups is 3. The Morgan fingerprint density at radius 2 is 1.76 bits per heavy atom. The normalized spacial score (nSPS) is 10.0. The zero-order chi connectivity index (χ0) is 21.6. The number of benzene rings is 2. The molecule has 2 aromatic carbocycles. The van der Waals surface area contributed by atoms with E-state index in [9.17, 15) is 24.5 Å². The van der Waals surface area contributed by atoms with Gasteiger partial charge in [-0.1, -0.05) is 0 Å². The predicted molar refractivity (Wildman–Crippen MR) is 106 cm³/mol. The standard InChI is InChI=1S/C19H20N4O6/c1-20-18(25)12-4-6-13(7-5-12)21-17(24)11-29-19(26)15-10-14(23(27)28)8-9-16(15)22(2)3/h4-10H,11H2,1-3H3,(H,20,25)(H,21,24). The number of carbonyl (C=O) groups excluding carboxylic acids is 3. The summed E-state index contributed by atoms with van der Waals surface area (Å²) in [5.41, 5.74) is 0.989. The van der Waals surface area contributed by atoms with E-state index in [4.69, 9.17) is 4.74 Å². The molecule has 0 spiro atoms. The molecule has 2 amide bonds. The molecular formula is C19H20N4O6. The number of amides is 2. The Morgan fingerprint density at radius 3 is 2.31 bits per heavy atom. The summed E-state index contributed by atoms with van der Waals surface area (Å²) in [6.07, 6.45) is 0. The lowest BCUT2D eigenvalue weighted by atomic mass is 10.1. The molecule has 0 aliphatic carbocycles. The highest BCUT2D eigenvalue weighted by Crippen LogP contribution is 2.25. The highest BCUT2D eigenvalue weighted by molar-refractivity contribution is 5.99. The number of nitrogens with zero attached hydrogens (tertiary/aromatic N) is 2. The van der Waals surface area contributed by atoms with E-state index in [2.05, 4.69) is 10.6 Å². The van der Waals surface area contributed by atoms with Crippen LogP contribution in [-0.4, -0.2) is 50.5 Å². The van der Waals surface area contributed by atoms with Gasteiger partial charge in [0.15, 0.2) is 6.61 Å². The van der Waals surface area contributed by atoms with Gasteiger partial charge in [0.2, 0.25) is 0 Å². The van der Waals surface area contributed by atoms with Crippen LogP contribution in [0, 0.1) is 10.1 Å². The van der Waals surface area contributed by atoms with Crippen LogP contribution in [0.25, 0.3) is 0 Å². The number of hydrogen-bond acceptors (Lipinski definition) is 7. The minimum Gasteiger partial charge on any atom is -0.452 e. The molecule has 0 atom stereocenters. The first kappa shape index (κ1) is 21.4. The first-order chi connectivity index (χ1) is 13.7. The number of rotatable bonds is 7. The number of nitro groups is 1. The second-order valence-corrected chi connectivity index (χ2v) is 6.13. The van der Waals surface area contributed by atoms with Crippen molar-refractivity contribution in [2.75, 3.05) is 38.0 Å². The highest BCUT2D eigenvalue weighted by Gasteiger charge is 2.20. The Morgan fingerprint density at radius 1 is 1.10 bits per heavy atom. The van der Waals surface area contributed by atoms with Gasteiger partial charge in [0.1, 0.15) is 0 Å². The molecule has 2 N–H and O–H groups in total. The van der Waals surface area contributed by atoms with Crippen LogP contribution in [-0.2, 0) is 9.53 Å². The molecule has 152 valence electrons. The number of ether oxygens (including phenoxy) is 1. The Bertz CT molecular complexity index is 940. The van der Waals surface area contributed by atoms with E-state index in [1.165, 1.54) is 43.4 Å². The minimum atomic E-state index is -0.859. The Balaban J connectivity index is 2.03. The van der Waals surface area contributed by atoms with Crippen molar-refractivity contribution in [2.24, 2.45) is 0 Å². The van der Waals surface area contributed by atoms with Crippen molar-refractivity contribution >= 4 is 34.8 Å². The summed E-state index contributed by atoms with van der Waals surface area (Å²) in [6.45, 7) is -0.578. The third kappa shape index (κ3) is 5.51. The van der Waals surface area contributed by atoms with Gasteiger partial charge in [0.05, 0.1) is 16.2 Å². The van der Waals surface area contributed by atoms with E-state index in [1.807, 2.05) is 0 Å². The molecule has 0 fully saturated rings. The smallest absolute Gasteiger partial charge is 0.341 e. The topological polar surface area (TPSA) is 131 Å². The molecule has 0 aliphatic heterocycles. The average Bonchev–Trinajstić information content (AvgIpc) is 2.71. The molecule has 0 saturated carbocycles. The van der Waals surface area contributed by atoms with Gasteiger partial charge in [-0.25, -0.2) is 4.79 Å². The van der Waals surface area contributed by atoms with Crippen molar-refractivity contribution in [3.63, 3.8) is 0 Å². The van der Waals surface area contributed by atoms with E-state index >= 15 is 0 Å². The maximum Gasteiger partial charge on any atom is 0.341 e. The molecule has 0 unspecified atom stereocenters. The number of hydrogen-bond donors (Lipinski definition) is 2. The van der Waals surface area contributed by atoms with Crippen LogP contribution >= 0.6 is 0 Å². The summed E-state index contributed by atoms with van der Waals surface area (Å²) < 4.78 is 5.00. The number of nitrogens with one attached hydrogen (secondary N) is 2. The third-order valence-electron chi connectivity index (χ3n) is 3.88. The van der Waals surface area contributed by atoms with Crippen molar-refractivity contribution in [3.8, 4) is 0 Å². The van der Waals surface area contributed by atoms with E-state index in [0.29, 0.717) is 16.9 Å². The van der Waals surface area contributed by atoms with E-state index in [1.54, 1.807) is 19.0 Å². The quantitative estimate of drug-likeness (QED) is 0.412. The highest BCUT2D eigenvalue weighted by atomic mass is 16.6. The number of esters is 1. The van der Waals surface area contributed by atoms with Gasteiger partial charge in [-0.3, -0.25) is 19.7 Å². The van der Waals surface area contributed by atoms with Gasteiger partial charge >= 0.3 is 5.97 Å². The maximum atomic E-state index is 12.4. The van der Waals surface area contributed by atoms with Crippen LogP contribution in [0.5, 0.6) is 0 Å². The Labute approximate surface area is 166 Å². The van der Waals surface area contributed by atoms with Crippen molar-refractivity contribution < 1.29 is 24.0 Å². The largest absolute Gasteiger partial charge is 0.452 e. The molecule has 0 aromatic heterocycles. The second-order valence-electron chi connectivity index (χ2n) is 6.13. The van der Waals surface area contributed by atoms with Crippen LogP contribution in [0.15, 0.2) is 42.5 Å². The summed E-state index contributed by atoms with van der Waals surface area (Å²) in [6, 6.07) is 9.96. The summed E-state index contributed by atoms with van der Waals surface area (Å²) >= 11 is 0. The molecule has 0 saturated heterocycles. The molecule has 0 aliphatic rings. The fourth-order valence-electron chi connectivity index (χ4n) is 2.45. The van der Waals surface area contributed by atoms with Crippen LogP contribution < -0.4 is 15.5 Å². The summed E-state index contributed by atoms with van der Waals surface area (Å²) in [5.74, 6) is -1.71. The van der Waals surface area contributed by atoms with Crippen LogP contribution in [0.3, 0.4) is 0 Å². The van der Waals surface area contributed by atoms with Crippen molar-refractivity contribution in [3.05, 3.63) is 63.7 Å². The van der Waals surface area contributed by atoms with E-state index in [-0.39, 0.29) is 17.2 Å². The molecule has 10 heteroatoms. The molecular weight excluding hydrogens is 380 g/mol. The predicted octanol–water partition coefficient (Wildman–Crippen LogP) is 1.82.